The summed E-state index contributed by atoms with van der Waals surface area (Å²) in [5.41, 5.74) is 9.86. The van der Waals surface area contributed by atoms with Gasteiger partial charge in [0.2, 0.25) is 0 Å². The molecule has 0 unspecified atom stereocenters. The van der Waals surface area contributed by atoms with E-state index in [4.69, 9.17) is 10.5 Å². The zero-order valence-corrected chi connectivity index (χ0v) is 10.4. The number of ether oxygens (including phenoxy) is 1. The number of nitrogen functional groups attached to an aromatic ring is 1. The molecule has 0 amide bonds. The van der Waals surface area contributed by atoms with Crippen LogP contribution < -0.4 is 5.73 Å². The molecule has 0 spiro atoms. The molecule has 0 aliphatic carbocycles. The van der Waals surface area contributed by atoms with Gasteiger partial charge in [-0.2, -0.15) is 0 Å². The first-order chi connectivity index (χ1) is 8.17. The van der Waals surface area contributed by atoms with Crippen molar-refractivity contribution in [3.8, 4) is 0 Å². The van der Waals surface area contributed by atoms with E-state index in [-0.39, 0.29) is 0 Å². The molecular weight excluding hydrogens is 212 g/mol. The van der Waals surface area contributed by atoms with Crippen LogP contribution in [-0.4, -0.2) is 23.7 Å². The Morgan fingerprint density at radius 1 is 1.18 bits per heavy atom. The van der Waals surface area contributed by atoms with E-state index in [1.54, 1.807) is 0 Å². The number of hydrogen-bond acceptors (Lipinski definition) is 3. The third kappa shape index (κ3) is 1.94. The Kier molecular flexibility index (Phi) is 2.60. The van der Waals surface area contributed by atoms with Gasteiger partial charge in [-0.25, -0.2) is 0 Å². The molecule has 1 aromatic rings. The maximum atomic E-state index is 5.85. The van der Waals surface area contributed by atoms with Gasteiger partial charge in [0, 0.05) is 37.5 Å². The quantitative estimate of drug-likeness (QED) is 0.754. The topological polar surface area (TPSA) is 38.5 Å². The molecule has 1 saturated heterocycles. The van der Waals surface area contributed by atoms with Crippen molar-refractivity contribution in [1.29, 1.82) is 0 Å². The van der Waals surface area contributed by atoms with Crippen LogP contribution in [0.3, 0.4) is 0 Å². The van der Waals surface area contributed by atoms with E-state index in [9.17, 15) is 0 Å². The van der Waals surface area contributed by atoms with E-state index >= 15 is 0 Å². The summed E-state index contributed by atoms with van der Waals surface area (Å²) in [4.78, 5) is 2.58. The predicted octanol–water partition coefficient (Wildman–Crippen LogP) is 2.15. The Balaban J connectivity index is 1.81. The van der Waals surface area contributed by atoms with Crippen LogP contribution in [0.5, 0.6) is 0 Å². The smallest absolute Gasteiger partial charge is 0.0483 e. The van der Waals surface area contributed by atoms with Gasteiger partial charge in [0.1, 0.15) is 0 Å². The first kappa shape index (κ1) is 11.1. The summed E-state index contributed by atoms with van der Waals surface area (Å²) in [6.45, 7) is 6.25. The van der Waals surface area contributed by atoms with Crippen molar-refractivity contribution < 1.29 is 4.74 Å². The number of nitrogens with zero attached hydrogens (tertiary/aromatic N) is 1. The van der Waals surface area contributed by atoms with Gasteiger partial charge >= 0.3 is 0 Å². The van der Waals surface area contributed by atoms with E-state index in [1.165, 1.54) is 11.1 Å². The molecule has 2 aliphatic heterocycles. The van der Waals surface area contributed by atoms with Gasteiger partial charge in [-0.05, 0) is 43.0 Å². The summed E-state index contributed by atoms with van der Waals surface area (Å²) in [7, 11) is 0. The molecule has 2 aliphatic rings. The third-order valence-corrected chi connectivity index (χ3v) is 4.29. The Morgan fingerprint density at radius 2 is 1.88 bits per heavy atom. The van der Waals surface area contributed by atoms with E-state index in [2.05, 4.69) is 24.0 Å². The molecule has 3 nitrogen and oxygen atoms in total. The summed E-state index contributed by atoms with van der Waals surface area (Å²) >= 11 is 0. The normalized spacial score (nSPS) is 23.6. The number of anilines is 1. The standard InChI is InChI=1S/C14H20N2O/c1-14(4-6-17-7-5-14)16-9-11-2-3-13(15)8-12(11)10-16/h2-3,8H,4-7,9-10,15H2,1H3. The average Bonchev–Trinajstić information content (AvgIpc) is 2.73. The minimum atomic E-state index is 0.298. The van der Waals surface area contributed by atoms with Crippen LogP contribution in [0.1, 0.15) is 30.9 Å². The highest BCUT2D eigenvalue weighted by Gasteiger charge is 2.36. The van der Waals surface area contributed by atoms with Gasteiger partial charge in [0.15, 0.2) is 0 Å². The minimum absolute atomic E-state index is 0.298. The highest BCUT2D eigenvalue weighted by Crippen LogP contribution is 2.35. The number of rotatable bonds is 1. The Hall–Kier alpha value is -1.06. The van der Waals surface area contributed by atoms with Crippen LogP contribution in [0.25, 0.3) is 0 Å². The Labute approximate surface area is 103 Å². The summed E-state index contributed by atoms with van der Waals surface area (Å²) in [5, 5.41) is 0. The van der Waals surface area contributed by atoms with Crippen molar-refractivity contribution >= 4 is 5.69 Å². The van der Waals surface area contributed by atoms with Crippen LogP contribution in [0, 0.1) is 0 Å². The van der Waals surface area contributed by atoms with Crippen LogP contribution in [0.15, 0.2) is 18.2 Å². The van der Waals surface area contributed by atoms with E-state index in [0.29, 0.717) is 5.54 Å². The minimum Gasteiger partial charge on any atom is -0.399 e. The van der Waals surface area contributed by atoms with E-state index in [1.807, 2.05) is 6.07 Å². The SMILES string of the molecule is CC1(N2Cc3ccc(N)cc3C2)CCOCC1. The van der Waals surface area contributed by atoms with Gasteiger partial charge in [-0.15, -0.1) is 0 Å². The molecule has 1 aromatic carbocycles. The molecule has 0 bridgehead atoms. The van der Waals surface area contributed by atoms with Crippen molar-refractivity contribution in [3.63, 3.8) is 0 Å². The van der Waals surface area contributed by atoms with Gasteiger partial charge in [-0.3, -0.25) is 4.90 Å². The third-order valence-electron chi connectivity index (χ3n) is 4.29. The fourth-order valence-corrected chi connectivity index (χ4v) is 2.92. The van der Waals surface area contributed by atoms with Crippen LogP contribution in [0.2, 0.25) is 0 Å². The lowest BCUT2D eigenvalue weighted by atomic mass is 9.90. The Morgan fingerprint density at radius 3 is 2.65 bits per heavy atom. The highest BCUT2D eigenvalue weighted by molar-refractivity contribution is 5.46. The van der Waals surface area contributed by atoms with Gasteiger partial charge in [-0.1, -0.05) is 6.07 Å². The van der Waals surface area contributed by atoms with Crippen LogP contribution in [0.4, 0.5) is 5.69 Å². The van der Waals surface area contributed by atoms with Gasteiger partial charge in [0.25, 0.3) is 0 Å². The summed E-state index contributed by atoms with van der Waals surface area (Å²) in [6, 6.07) is 6.31. The van der Waals surface area contributed by atoms with Crippen LogP contribution in [-0.2, 0) is 17.8 Å². The molecule has 3 heteroatoms. The monoisotopic (exact) mass is 232 g/mol. The summed E-state index contributed by atoms with van der Waals surface area (Å²) in [5.74, 6) is 0. The fourth-order valence-electron chi connectivity index (χ4n) is 2.92. The molecular formula is C14H20N2O. The second kappa shape index (κ2) is 4.00. The van der Waals surface area contributed by atoms with Gasteiger partial charge < -0.3 is 10.5 Å². The fraction of sp³-hybridized carbons (Fsp3) is 0.571. The highest BCUT2D eigenvalue weighted by atomic mass is 16.5. The molecule has 0 saturated carbocycles. The zero-order chi connectivity index (χ0) is 11.9. The molecule has 2 heterocycles. The second-order valence-electron chi connectivity index (χ2n) is 5.49. The number of fused-ring (bicyclic) bond motifs is 1. The molecule has 0 aromatic heterocycles. The second-order valence-corrected chi connectivity index (χ2v) is 5.49. The summed E-state index contributed by atoms with van der Waals surface area (Å²) in [6.07, 6.45) is 2.27. The van der Waals surface area contributed by atoms with Crippen molar-refractivity contribution in [2.45, 2.75) is 38.4 Å². The maximum Gasteiger partial charge on any atom is 0.0483 e. The molecule has 3 rings (SSSR count). The lowest BCUT2D eigenvalue weighted by Gasteiger charge is -2.41. The first-order valence-corrected chi connectivity index (χ1v) is 6.37. The molecule has 92 valence electrons. The molecule has 0 atom stereocenters. The molecule has 1 fully saturated rings. The largest absolute Gasteiger partial charge is 0.399 e. The molecule has 2 N–H and O–H groups in total. The van der Waals surface area contributed by atoms with Crippen molar-refractivity contribution in [2.75, 3.05) is 18.9 Å². The number of benzene rings is 1. The van der Waals surface area contributed by atoms with E-state index in [0.717, 1.165) is 44.8 Å². The first-order valence-electron chi connectivity index (χ1n) is 6.37. The maximum absolute atomic E-state index is 5.85. The number of hydrogen-bond donors (Lipinski definition) is 1. The van der Waals surface area contributed by atoms with E-state index < -0.39 is 0 Å². The average molecular weight is 232 g/mol. The van der Waals surface area contributed by atoms with Crippen molar-refractivity contribution in [2.24, 2.45) is 0 Å². The lowest BCUT2D eigenvalue weighted by molar-refractivity contribution is -0.0215. The predicted molar refractivity (Wildman–Crippen MR) is 68.6 cm³/mol. The van der Waals surface area contributed by atoms with Gasteiger partial charge in [0.05, 0.1) is 0 Å². The number of nitrogens with two attached hydrogens (primary N) is 1. The van der Waals surface area contributed by atoms with Crippen molar-refractivity contribution in [3.05, 3.63) is 29.3 Å². The summed E-state index contributed by atoms with van der Waals surface area (Å²) < 4.78 is 5.47. The van der Waals surface area contributed by atoms with Crippen molar-refractivity contribution in [1.82, 2.24) is 4.90 Å². The van der Waals surface area contributed by atoms with Crippen LogP contribution >= 0.6 is 0 Å². The molecule has 0 radical (unpaired) electrons. The lowest BCUT2D eigenvalue weighted by Crippen LogP contribution is -2.47. The zero-order valence-electron chi connectivity index (χ0n) is 10.4. The Bertz CT molecular complexity index is 424. The molecule has 17 heavy (non-hydrogen) atoms.